The lowest BCUT2D eigenvalue weighted by molar-refractivity contribution is -0.117. The van der Waals surface area contributed by atoms with Crippen LogP contribution in [-0.2, 0) is 4.79 Å². The van der Waals surface area contributed by atoms with Gasteiger partial charge in [-0.25, -0.2) is 9.78 Å². The zero-order valence-corrected chi connectivity index (χ0v) is 18.4. The number of likely N-dealkylation sites (tertiary alicyclic amines) is 1. The van der Waals surface area contributed by atoms with Gasteiger partial charge >= 0.3 is 6.03 Å². The molecule has 0 radical (unpaired) electrons. The highest BCUT2D eigenvalue weighted by molar-refractivity contribution is 5.96. The fraction of sp³-hybridized carbons (Fsp3) is 0.320. The monoisotopic (exact) mass is 443 g/mol. The summed E-state index contributed by atoms with van der Waals surface area (Å²) in [6.45, 7) is 2.91. The molecule has 3 amide bonds. The van der Waals surface area contributed by atoms with Crippen molar-refractivity contribution in [3.63, 3.8) is 0 Å². The molecule has 1 aromatic heterocycles. The van der Waals surface area contributed by atoms with Crippen LogP contribution in [0.1, 0.15) is 24.8 Å². The molecule has 2 aliphatic rings. The van der Waals surface area contributed by atoms with E-state index in [1.165, 1.54) is 0 Å². The largest absolute Gasteiger partial charge is 0.322 e. The molecule has 168 valence electrons. The summed E-state index contributed by atoms with van der Waals surface area (Å²) in [5.41, 5.74) is 3.80. The van der Waals surface area contributed by atoms with Crippen LogP contribution in [0, 0.1) is 17.7 Å². The summed E-state index contributed by atoms with van der Waals surface area (Å²) in [5, 5.41) is 10.8. The van der Waals surface area contributed by atoms with Crippen LogP contribution in [0.2, 0.25) is 0 Å². The molecule has 2 fully saturated rings. The molecule has 1 aliphatic carbocycles. The SMILES string of the molecule is Cc1ccc(NC(=O)N2CC[C@H](N=O)C2)cc1-c1ccc2cc(NC(=O)C3CC3)ncc2c1. The summed E-state index contributed by atoms with van der Waals surface area (Å²) >= 11 is 0. The van der Waals surface area contributed by atoms with Gasteiger partial charge in [0.05, 0.1) is 0 Å². The van der Waals surface area contributed by atoms with Gasteiger partial charge < -0.3 is 15.5 Å². The van der Waals surface area contributed by atoms with Crippen molar-refractivity contribution >= 4 is 34.2 Å². The Labute approximate surface area is 191 Å². The third-order valence-electron chi connectivity index (χ3n) is 6.32. The lowest BCUT2D eigenvalue weighted by atomic mass is 9.98. The van der Waals surface area contributed by atoms with Gasteiger partial charge in [-0.2, -0.15) is 4.91 Å². The molecule has 0 unspecified atom stereocenters. The number of carbonyl (C=O) groups is 2. The Kier molecular flexibility index (Phi) is 5.50. The molecular weight excluding hydrogens is 418 g/mol. The molecule has 1 atom stereocenters. The molecular formula is C25H25N5O3. The van der Waals surface area contributed by atoms with Gasteiger partial charge in [0.1, 0.15) is 11.9 Å². The number of hydrogen-bond acceptors (Lipinski definition) is 5. The Morgan fingerprint density at radius 1 is 1.03 bits per heavy atom. The molecule has 2 aromatic carbocycles. The Morgan fingerprint density at radius 3 is 2.64 bits per heavy atom. The summed E-state index contributed by atoms with van der Waals surface area (Å²) in [4.78, 5) is 41.3. The zero-order valence-electron chi connectivity index (χ0n) is 18.4. The van der Waals surface area contributed by atoms with Gasteiger partial charge in [-0.3, -0.25) is 4.79 Å². The van der Waals surface area contributed by atoms with Crippen LogP contribution in [0.15, 0.2) is 53.8 Å². The summed E-state index contributed by atoms with van der Waals surface area (Å²) < 4.78 is 0. The minimum atomic E-state index is -0.321. The van der Waals surface area contributed by atoms with Gasteiger partial charge in [0.25, 0.3) is 0 Å². The van der Waals surface area contributed by atoms with Crippen molar-refractivity contribution < 1.29 is 9.59 Å². The average molecular weight is 444 g/mol. The molecule has 3 aromatic rings. The predicted molar refractivity (Wildman–Crippen MR) is 128 cm³/mol. The fourth-order valence-electron chi connectivity index (χ4n) is 4.18. The van der Waals surface area contributed by atoms with Gasteiger partial charge in [-0.1, -0.05) is 23.4 Å². The molecule has 33 heavy (non-hydrogen) atoms. The number of aryl methyl sites for hydroxylation is 1. The molecule has 1 saturated heterocycles. The number of carbonyl (C=O) groups excluding carboxylic acids is 2. The van der Waals surface area contributed by atoms with E-state index < -0.39 is 0 Å². The first-order chi connectivity index (χ1) is 16.0. The zero-order chi connectivity index (χ0) is 22.9. The van der Waals surface area contributed by atoms with E-state index in [0.717, 1.165) is 40.3 Å². The number of nitrogens with zero attached hydrogens (tertiary/aromatic N) is 3. The summed E-state index contributed by atoms with van der Waals surface area (Å²) in [6, 6.07) is 13.3. The van der Waals surface area contributed by atoms with Crippen LogP contribution < -0.4 is 10.6 Å². The number of fused-ring (bicyclic) bond motifs is 1. The van der Waals surface area contributed by atoms with E-state index in [4.69, 9.17) is 0 Å². The maximum absolute atomic E-state index is 12.6. The molecule has 0 bridgehead atoms. The van der Waals surface area contributed by atoms with Gasteiger partial charge in [-0.05, 0) is 72.5 Å². The second kappa shape index (κ2) is 8.61. The average Bonchev–Trinajstić information content (AvgIpc) is 3.57. The van der Waals surface area contributed by atoms with Crippen molar-refractivity contribution in [1.29, 1.82) is 0 Å². The highest BCUT2D eigenvalue weighted by Gasteiger charge is 2.30. The summed E-state index contributed by atoms with van der Waals surface area (Å²) in [7, 11) is 0. The van der Waals surface area contributed by atoms with Crippen molar-refractivity contribution in [3.05, 3.63) is 59.1 Å². The molecule has 2 N–H and O–H groups in total. The number of hydrogen-bond donors (Lipinski definition) is 2. The van der Waals surface area contributed by atoms with E-state index in [1.54, 1.807) is 11.1 Å². The predicted octanol–water partition coefficient (Wildman–Crippen LogP) is 4.93. The molecule has 8 heteroatoms. The van der Waals surface area contributed by atoms with Crippen LogP contribution in [0.25, 0.3) is 21.9 Å². The highest BCUT2D eigenvalue weighted by atomic mass is 16.3. The normalized spacial score (nSPS) is 17.7. The number of pyridine rings is 1. The molecule has 2 heterocycles. The quantitative estimate of drug-likeness (QED) is 0.546. The number of urea groups is 1. The summed E-state index contributed by atoms with van der Waals surface area (Å²) in [5.74, 6) is 0.746. The number of nitroso groups, excluding NO2 is 1. The second-order valence-electron chi connectivity index (χ2n) is 8.85. The Balaban J connectivity index is 1.35. The topological polar surface area (TPSA) is 104 Å². The molecule has 0 spiro atoms. The molecule has 5 rings (SSSR count). The van der Waals surface area contributed by atoms with E-state index in [2.05, 4.69) is 26.9 Å². The van der Waals surface area contributed by atoms with Crippen molar-refractivity contribution in [2.24, 2.45) is 11.1 Å². The standard InChI is InChI=1S/C25H25N5O3/c1-15-2-7-20(27-25(32)30-9-8-21(14-30)29-33)12-22(15)18-6-5-17-11-23(26-13-19(17)10-18)28-24(31)16-3-4-16/h2,5-7,10-13,16,21H,3-4,8-9,14H2,1H3,(H,27,32)(H,26,28,31)/t21-/m0/s1. The lowest BCUT2D eigenvalue weighted by Crippen LogP contribution is -2.33. The number of nitrogens with one attached hydrogen (secondary N) is 2. The van der Waals surface area contributed by atoms with Gasteiger partial charge in [0, 0.05) is 36.3 Å². The maximum atomic E-state index is 12.6. The van der Waals surface area contributed by atoms with E-state index >= 15 is 0 Å². The number of rotatable bonds is 5. The second-order valence-corrected chi connectivity index (χ2v) is 8.85. The Morgan fingerprint density at radius 2 is 1.88 bits per heavy atom. The summed E-state index contributed by atoms with van der Waals surface area (Å²) in [6.07, 6.45) is 4.28. The first kappa shape index (κ1) is 21.1. The smallest absolute Gasteiger partial charge is 0.321 e. The van der Waals surface area contributed by atoms with Gasteiger partial charge in [0.15, 0.2) is 0 Å². The highest BCUT2D eigenvalue weighted by Crippen LogP contribution is 2.32. The minimum Gasteiger partial charge on any atom is -0.322 e. The van der Waals surface area contributed by atoms with Crippen molar-refractivity contribution in [3.8, 4) is 11.1 Å². The van der Waals surface area contributed by atoms with E-state index in [1.807, 2.05) is 43.3 Å². The third-order valence-corrected chi connectivity index (χ3v) is 6.32. The lowest BCUT2D eigenvalue weighted by Gasteiger charge is -2.17. The van der Waals surface area contributed by atoms with Crippen molar-refractivity contribution in [2.45, 2.75) is 32.2 Å². The Bertz CT molecular complexity index is 1250. The van der Waals surface area contributed by atoms with Crippen LogP contribution in [-0.4, -0.2) is 41.0 Å². The molecule has 1 aliphatic heterocycles. The minimum absolute atomic E-state index is 0.0415. The van der Waals surface area contributed by atoms with Gasteiger partial charge in [0.2, 0.25) is 5.91 Å². The van der Waals surface area contributed by atoms with E-state index in [-0.39, 0.29) is 23.9 Å². The number of aromatic nitrogens is 1. The van der Waals surface area contributed by atoms with E-state index in [0.29, 0.717) is 31.0 Å². The first-order valence-electron chi connectivity index (χ1n) is 11.2. The number of anilines is 2. The number of amides is 3. The van der Waals surface area contributed by atoms with Crippen molar-refractivity contribution in [2.75, 3.05) is 23.7 Å². The fourth-order valence-corrected chi connectivity index (χ4v) is 4.18. The van der Waals surface area contributed by atoms with Crippen LogP contribution in [0.5, 0.6) is 0 Å². The molecule has 1 saturated carbocycles. The van der Waals surface area contributed by atoms with Crippen LogP contribution >= 0.6 is 0 Å². The molecule has 8 nitrogen and oxygen atoms in total. The third kappa shape index (κ3) is 4.55. The maximum Gasteiger partial charge on any atom is 0.321 e. The number of benzene rings is 2. The van der Waals surface area contributed by atoms with Crippen LogP contribution in [0.4, 0.5) is 16.3 Å². The van der Waals surface area contributed by atoms with E-state index in [9.17, 15) is 14.5 Å². The van der Waals surface area contributed by atoms with Crippen molar-refractivity contribution in [1.82, 2.24) is 9.88 Å². The Hall–Kier alpha value is -3.81. The first-order valence-corrected chi connectivity index (χ1v) is 11.2. The van der Waals surface area contributed by atoms with Crippen LogP contribution in [0.3, 0.4) is 0 Å². The van der Waals surface area contributed by atoms with Gasteiger partial charge in [-0.15, -0.1) is 0 Å².